The fourth-order valence-electron chi connectivity index (χ4n) is 12.8. The van der Waals surface area contributed by atoms with Crippen LogP contribution in [0.5, 0.6) is 0 Å². The van der Waals surface area contributed by atoms with Crippen LogP contribution >= 0.6 is 0 Å². The summed E-state index contributed by atoms with van der Waals surface area (Å²) < 4.78 is 26.8. The Bertz CT molecular complexity index is 5510. The van der Waals surface area contributed by atoms with Crippen molar-refractivity contribution in [2.75, 3.05) is 0 Å². The van der Waals surface area contributed by atoms with Crippen molar-refractivity contribution in [3.05, 3.63) is 218 Å². The second-order valence-electron chi connectivity index (χ2n) is 19.5. The lowest BCUT2D eigenvalue weighted by Gasteiger charge is -2.26. The molecule has 7 aromatic heterocycles. The molecule has 0 unspecified atom stereocenters. The number of nitriles is 2. The van der Waals surface area contributed by atoms with E-state index in [4.69, 9.17) is 18.2 Å². The topological polar surface area (TPSA) is 115 Å². The zero-order valence-corrected chi connectivity index (χ0v) is 40.0. The molecule has 0 aliphatic carbocycles. The maximum Gasteiger partial charge on any atom is 0.137 e. The molecule has 0 saturated heterocycles. The van der Waals surface area contributed by atoms with Crippen LogP contribution in [0.15, 0.2) is 220 Å². The van der Waals surface area contributed by atoms with Gasteiger partial charge in [-0.05, 0) is 84.9 Å². The minimum absolute atomic E-state index is 0.274. The molecule has 0 aliphatic heterocycles. The number of para-hydroxylation sites is 6. The normalized spacial score (nSPS) is 12.2. The zero-order chi connectivity index (χ0) is 49.9. The van der Waals surface area contributed by atoms with Crippen molar-refractivity contribution < 1.29 is 13.3 Å². The van der Waals surface area contributed by atoms with Gasteiger partial charge in [-0.25, -0.2) is 0 Å². The third kappa shape index (κ3) is 5.12. The third-order valence-electron chi connectivity index (χ3n) is 15.8. The molecule has 0 aliphatic rings. The average Bonchev–Trinajstić information content (AvgIpc) is 4.49. The number of benzene rings is 10. The van der Waals surface area contributed by atoms with Crippen LogP contribution in [0.4, 0.5) is 0 Å². The van der Waals surface area contributed by atoms with Crippen LogP contribution in [0.3, 0.4) is 0 Å². The second-order valence-corrected chi connectivity index (χ2v) is 19.5. The Hall–Kier alpha value is -10.9. The smallest absolute Gasteiger partial charge is 0.137 e. The minimum Gasteiger partial charge on any atom is -0.456 e. The fourth-order valence-corrected chi connectivity index (χ4v) is 12.8. The van der Waals surface area contributed by atoms with Crippen molar-refractivity contribution in [1.29, 1.82) is 10.5 Å². The van der Waals surface area contributed by atoms with E-state index in [0.29, 0.717) is 45.1 Å². The molecule has 0 N–H and O–H groups in total. The molecule has 350 valence electrons. The number of aromatic nitrogens is 4. The first-order chi connectivity index (χ1) is 37.7. The van der Waals surface area contributed by atoms with Gasteiger partial charge in [0.25, 0.3) is 0 Å². The number of hydrogen-bond acceptors (Lipinski definition) is 6. The number of pyridine rings is 1. The van der Waals surface area contributed by atoms with E-state index in [1.54, 1.807) is 6.20 Å². The number of furan rings is 3. The van der Waals surface area contributed by atoms with Crippen molar-refractivity contribution in [1.82, 2.24) is 18.7 Å². The van der Waals surface area contributed by atoms with Crippen LogP contribution in [0.25, 0.3) is 160 Å². The van der Waals surface area contributed by atoms with E-state index in [-0.39, 0.29) is 11.1 Å². The van der Waals surface area contributed by atoms with Crippen LogP contribution in [0.1, 0.15) is 11.1 Å². The van der Waals surface area contributed by atoms with E-state index in [1.165, 1.54) is 0 Å². The van der Waals surface area contributed by atoms with Crippen molar-refractivity contribution in [3.63, 3.8) is 0 Å². The molecule has 9 nitrogen and oxygen atoms in total. The highest BCUT2D eigenvalue weighted by Crippen LogP contribution is 2.52. The number of fused-ring (bicyclic) bond motifs is 21. The Morgan fingerprint density at radius 1 is 0.316 bits per heavy atom. The molecule has 9 heteroatoms. The van der Waals surface area contributed by atoms with Crippen molar-refractivity contribution in [2.45, 2.75) is 0 Å². The maximum atomic E-state index is 12.7. The van der Waals surface area contributed by atoms with Crippen LogP contribution in [-0.4, -0.2) is 18.7 Å². The van der Waals surface area contributed by atoms with Gasteiger partial charge in [0.1, 0.15) is 51.2 Å². The van der Waals surface area contributed by atoms with Gasteiger partial charge >= 0.3 is 0 Å². The highest BCUT2D eigenvalue weighted by molar-refractivity contribution is 6.28. The van der Waals surface area contributed by atoms with Gasteiger partial charge in [0.2, 0.25) is 0 Å². The van der Waals surface area contributed by atoms with E-state index >= 15 is 0 Å². The summed E-state index contributed by atoms with van der Waals surface area (Å²) in [6.07, 6.45) is 1.77. The van der Waals surface area contributed by atoms with E-state index in [0.717, 1.165) is 114 Å². The van der Waals surface area contributed by atoms with Gasteiger partial charge in [-0.15, -0.1) is 0 Å². The average molecular weight is 971 g/mol. The molecular formula is C67H34N6O3. The molecule has 0 atom stereocenters. The Labute approximate surface area is 429 Å². The molecule has 0 bridgehead atoms. The molecule has 0 radical (unpaired) electrons. The quantitative estimate of drug-likeness (QED) is 0.173. The number of nitrogens with zero attached hydrogens (tertiary/aromatic N) is 6. The monoisotopic (exact) mass is 970 g/mol. The standard InChI is InChI=1S/C67H34N6O3/c68-35-46-58(48-21-13-14-34-70-48)67(73-51-24-9-3-17-39(51)42-30-33-57-61(65(42)73)45-20-6-12-27-54(45)76-57)66(72-50-23-8-2-16-38(50)41-29-32-56-60(64(41)72)44-19-5-11-26-53(44)75-56)47(36-69)62(46)71-49-22-7-1-15-37(49)40-28-31-55-59(63(40)71)43-18-4-10-25-52(43)74-55/h1-34H. The molecule has 7 heterocycles. The molecule has 0 spiro atoms. The maximum absolute atomic E-state index is 12.7. The summed E-state index contributed by atoms with van der Waals surface area (Å²) in [7, 11) is 0. The number of hydrogen-bond donors (Lipinski definition) is 0. The van der Waals surface area contributed by atoms with Gasteiger partial charge in [0.05, 0.1) is 77.6 Å². The van der Waals surface area contributed by atoms with Gasteiger partial charge in [-0.1, -0.05) is 115 Å². The minimum atomic E-state index is 0.274. The van der Waals surface area contributed by atoms with Crippen molar-refractivity contribution in [2.24, 2.45) is 0 Å². The lowest BCUT2D eigenvalue weighted by atomic mass is 9.93. The second kappa shape index (κ2) is 14.9. The highest BCUT2D eigenvalue weighted by Gasteiger charge is 2.35. The van der Waals surface area contributed by atoms with E-state index in [9.17, 15) is 10.5 Å². The summed E-state index contributed by atoms with van der Waals surface area (Å²) in [5.41, 5.74) is 12.7. The third-order valence-corrected chi connectivity index (χ3v) is 15.8. The van der Waals surface area contributed by atoms with Crippen molar-refractivity contribution >= 4 is 131 Å². The molecule has 0 saturated carbocycles. The molecule has 10 aromatic carbocycles. The molecule has 17 aromatic rings. The highest BCUT2D eigenvalue weighted by atomic mass is 16.3. The Morgan fingerprint density at radius 3 is 1.09 bits per heavy atom. The van der Waals surface area contributed by atoms with E-state index in [1.807, 2.05) is 103 Å². The fraction of sp³-hybridized carbons (Fsp3) is 0. The van der Waals surface area contributed by atoms with Gasteiger partial charge in [0.15, 0.2) is 0 Å². The first kappa shape index (κ1) is 40.7. The summed E-state index contributed by atoms with van der Waals surface area (Å²) in [5, 5.41) is 36.5. The van der Waals surface area contributed by atoms with Crippen LogP contribution in [-0.2, 0) is 0 Å². The summed E-state index contributed by atoms with van der Waals surface area (Å²) in [4.78, 5) is 5.19. The molecule has 0 amide bonds. The van der Waals surface area contributed by atoms with Gasteiger partial charge < -0.3 is 27.0 Å². The number of rotatable bonds is 4. The molecule has 0 fully saturated rings. The molecular weight excluding hydrogens is 937 g/mol. The predicted octanol–water partition coefficient (Wildman–Crippen LogP) is 17.5. The van der Waals surface area contributed by atoms with Gasteiger partial charge in [0, 0.05) is 60.2 Å². The molecule has 76 heavy (non-hydrogen) atoms. The predicted molar refractivity (Wildman–Crippen MR) is 304 cm³/mol. The van der Waals surface area contributed by atoms with Gasteiger partial charge in [-0.3, -0.25) is 4.98 Å². The summed E-state index contributed by atoms with van der Waals surface area (Å²) >= 11 is 0. The Balaban J connectivity index is 1.21. The van der Waals surface area contributed by atoms with Crippen LogP contribution in [0.2, 0.25) is 0 Å². The zero-order valence-electron chi connectivity index (χ0n) is 40.0. The SMILES string of the molecule is N#Cc1c(-c2ccccn2)c(-n2c3ccccc3c3ccc4oc5ccccc5c4c32)c(-n2c3ccccc3c3ccc4oc5ccccc5c4c32)c(C#N)c1-n1c2ccccc2c2ccc3oc4ccccc4c3c21. The molecule has 17 rings (SSSR count). The first-order valence-electron chi connectivity index (χ1n) is 25.2. The lowest BCUT2D eigenvalue weighted by Crippen LogP contribution is -2.14. The largest absolute Gasteiger partial charge is 0.456 e. The Morgan fingerprint density at radius 2 is 0.684 bits per heavy atom. The lowest BCUT2D eigenvalue weighted by molar-refractivity contribution is 0.668. The van der Waals surface area contributed by atoms with E-state index < -0.39 is 0 Å². The van der Waals surface area contributed by atoms with Crippen LogP contribution in [0, 0.1) is 22.7 Å². The summed E-state index contributed by atoms with van der Waals surface area (Å²) in [6, 6.07) is 73.3. The summed E-state index contributed by atoms with van der Waals surface area (Å²) in [5.74, 6) is 0. The van der Waals surface area contributed by atoms with Crippen LogP contribution < -0.4 is 0 Å². The first-order valence-corrected chi connectivity index (χ1v) is 25.2. The van der Waals surface area contributed by atoms with Crippen molar-refractivity contribution in [3.8, 4) is 40.5 Å². The summed E-state index contributed by atoms with van der Waals surface area (Å²) in [6.45, 7) is 0. The Kier molecular flexibility index (Phi) is 7.96. The van der Waals surface area contributed by atoms with Gasteiger partial charge in [-0.2, -0.15) is 10.5 Å². The van der Waals surface area contributed by atoms with E-state index in [2.05, 4.69) is 123 Å².